The number of para-hydroxylation sites is 1. The van der Waals surface area contributed by atoms with E-state index in [1.165, 1.54) is 5.56 Å². The number of nitrogens with zero attached hydrogens (tertiary/aromatic N) is 1. The fourth-order valence-electron chi connectivity index (χ4n) is 1.46. The Kier molecular flexibility index (Phi) is 4.73. The van der Waals surface area contributed by atoms with Gasteiger partial charge in [0.1, 0.15) is 5.75 Å². The molecule has 0 aromatic heterocycles. The number of ether oxygens (including phenoxy) is 1. The Morgan fingerprint density at radius 1 is 1.40 bits per heavy atom. The minimum Gasteiger partial charge on any atom is -0.496 e. The summed E-state index contributed by atoms with van der Waals surface area (Å²) in [5.74, 6) is 3.58. The summed E-state index contributed by atoms with van der Waals surface area (Å²) in [5.41, 5.74) is 1.19. The molecule has 0 aliphatic carbocycles. The van der Waals surface area contributed by atoms with Crippen molar-refractivity contribution in [2.24, 2.45) is 0 Å². The molecule has 15 heavy (non-hydrogen) atoms. The molecule has 0 N–H and O–H groups in total. The summed E-state index contributed by atoms with van der Waals surface area (Å²) in [6.07, 6.45) is 6.01. The van der Waals surface area contributed by atoms with E-state index in [2.05, 4.69) is 23.9 Å². The molecule has 1 aromatic carbocycles. The average Bonchev–Trinajstić information content (AvgIpc) is 2.27. The van der Waals surface area contributed by atoms with E-state index in [0.717, 1.165) is 25.3 Å². The maximum Gasteiger partial charge on any atom is 0.123 e. The van der Waals surface area contributed by atoms with Crippen molar-refractivity contribution in [3.8, 4) is 18.1 Å². The molecule has 0 fully saturated rings. The lowest BCUT2D eigenvalue weighted by atomic mass is 10.2. The summed E-state index contributed by atoms with van der Waals surface area (Å²) in [7, 11) is 3.75. The molecule has 0 amide bonds. The first kappa shape index (κ1) is 11.6. The van der Waals surface area contributed by atoms with E-state index in [1.54, 1.807) is 7.11 Å². The van der Waals surface area contributed by atoms with E-state index in [0.29, 0.717) is 0 Å². The van der Waals surface area contributed by atoms with Crippen LogP contribution in [-0.2, 0) is 6.54 Å². The second-order valence-corrected chi connectivity index (χ2v) is 3.50. The lowest BCUT2D eigenvalue weighted by Gasteiger charge is -2.16. The van der Waals surface area contributed by atoms with Crippen LogP contribution in [0.1, 0.15) is 12.0 Å². The van der Waals surface area contributed by atoms with Crippen molar-refractivity contribution in [2.75, 3.05) is 20.7 Å². The number of rotatable bonds is 5. The molecule has 0 radical (unpaired) electrons. The quantitative estimate of drug-likeness (QED) is 0.680. The first-order valence-corrected chi connectivity index (χ1v) is 5.02. The fourth-order valence-corrected chi connectivity index (χ4v) is 1.46. The van der Waals surface area contributed by atoms with Gasteiger partial charge in [-0.2, -0.15) is 0 Å². The monoisotopic (exact) mass is 203 g/mol. The zero-order valence-electron chi connectivity index (χ0n) is 9.36. The molecule has 0 aliphatic heterocycles. The lowest BCUT2D eigenvalue weighted by Crippen LogP contribution is -2.19. The van der Waals surface area contributed by atoms with Crippen molar-refractivity contribution >= 4 is 0 Å². The number of hydrogen-bond acceptors (Lipinski definition) is 2. The third kappa shape index (κ3) is 3.65. The molecule has 0 heterocycles. The fraction of sp³-hybridized carbons (Fsp3) is 0.385. The molecule has 1 rings (SSSR count). The Morgan fingerprint density at radius 2 is 2.13 bits per heavy atom. The van der Waals surface area contributed by atoms with Crippen LogP contribution >= 0.6 is 0 Å². The topological polar surface area (TPSA) is 12.5 Å². The Balaban J connectivity index is 2.59. The van der Waals surface area contributed by atoms with Gasteiger partial charge in [0.15, 0.2) is 0 Å². The zero-order valence-corrected chi connectivity index (χ0v) is 9.36. The number of terminal acetylenes is 1. The van der Waals surface area contributed by atoms with Crippen LogP contribution < -0.4 is 4.74 Å². The number of benzene rings is 1. The zero-order chi connectivity index (χ0) is 11.1. The Morgan fingerprint density at radius 3 is 2.80 bits per heavy atom. The highest BCUT2D eigenvalue weighted by Crippen LogP contribution is 2.18. The molecule has 0 saturated heterocycles. The highest BCUT2D eigenvalue weighted by Gasteiger charge is 2.04. The standard InChI is InChI=1S/C13H17NO/c1-4-5-10-14(2)11-12-8-6-7-9-13(12)15-3/h1,6-9H,5,10-11H2,2-3H3. The van der Waals surface area contributed by atoms with E-state index in [9.17, 15) is 0 Å². The summed E-state index contributed by atoms with van der Waals surface area (Å²) in [6, 6.07) is 8.05. The third-order valence-corrected chi connectivity index (χ3v) is 2.27. The summed E-state index contributed by atoms with van der Waals surface area (Å²) in [4.78, 5) is 2.19. The molecule has 0 saturated carbocycles. The second kappa shape index (κ2) is 6.10. The van der Waals surface area contributed by atoms with Crippen LogP contribution in [0, 0.1) is 12.3 Å². The van der Waals surface area contributed by atoms with Crippen molar-refractivity contribution in [1.29, 1.82) is 0 Å². The predicted molar refractivity (Wildman–Crippen MR) is 62.8 cm³/mol. The van der Waals surface area contributed by atoms with Gasteiger partial charge in [-0.25, -0.2) is 0 Å². The average molecular weight is 203 g/mol. The van der Waals surface area contributed by atoms with Gasteiger partial charge in [0.25, 0.3) is 0 Å². The van der Waals surface area contributed by atoms with Crippen molar-refractivity contribution in [1.82, 2.24) is 4.90 Å². The maximum absolute atomic E-state index is 5.28. The molecule has 1 aromatic rings. The van der Waals surface area contributed by atoms with E-state index in [1.807, 2.05) is 18.2 Å². The largest absolute Gasteiger partial charge is 0.496 e. The first-order valence-electron chi connectivity index (χ1n) is 5.02. The Hall–Kier alpha value is -1.46. The minimum absolute atomic E-state index is 0.783. The van der Waals surface area contributed by atoms with Gasteiger partial charge in [-0.15, -0.1) is 12.3 Å². The molecular weight excluding hydrogens is 186 g/mol. The van der Waals surface area contributed by atoms with Gasteiger partial charge in [0.2, 0.25) is 0 Å². The van der Waals surface area contributed by atoms with Crippen LogP contribution in [0.2, 0.25) is 0 Å². The van der Waals surface area contributed by atoms with Gasteiger partial charge in [-0.05, 0) is 13.1 Å². The Bertz CT molecular complexity index is 341. The second-order valence-electron chi connectivity index (χ2n) is 3.50. The highest BCUT2D eigenvalue weighted by molar-refractivity contribution is 5.32. The van der Waals surface area contributed by atoms with Crippen LogP contribution in [0.15, 0.2) is 24.3 Å². The summed E-state index contributed by atoms with van der Waals surface area (Å²) in [6.45, 7) is 1.78. The molecule has 2 nitrogen and oxygen atoms in total. The van der Waals surface area contributed by atoms with Crippen LogP contribution in [0.3, 0.4) is 0 Å². The highest BCUT2D eigenvalue weighted by atomic mass is 16.5. The predicted octanol–water partition coefficient (Wildman–Crippen LogP) is 2.15. The molecule has 0 atom stereocenters. The van der Waals surface area contributed by atoms with Gasteiger partial charge in [0, 0.05) is 25.1 Å². The van der Waals surface area contributed by atoms with Gasteiger partial charge in [0.05, 0.1) is 7.11 Å². The SMILES string of the molecule is C#CCCN(C)Cc1ccccc1OC. The normalized spacial score (nSPS) is 10.0. The van der Waals surface area contributed by atoms with Crippen molar-refractivity contribution in [3.63, 3.8) is 0 Å². The van der Waals surface area contributed by atoms with Gasteiger partial charge < -0.3 is 9.64 Å². The molecule has 2 heteroatoms. The lowest BCUT2D eigenvalue weighted by molar-refractivity contribution is 0.324. The summed E-state index contributed by atoms with van der Waals surface area (Å²) < 4.78 is 5.28. The maximum atomic E-state index is 5.28. The molecule has 0 aliphatic rings. The number of hydrogen-bond donors (Lipinski definition) is 0. The molecule has 0 spiro atoms. The smallest absolute Gasteiger partial charge is 0.123 e. The van der Waals surface area contributed by atoms with Crippen molar-refractivity contribution in [3.05, 3.63) is 29.8 Å². The minimum atomic E-state index is 0.783. The van der Waals surface area contributed by atoms with E-state index >= 15 is 0 Å². The van der Waals surface area contributed by atoms with Crippen molar-refractivity contribution < 1.29 is 4.74 Å². The van der Waals surface area contributed by atoms with Gasteiger partial charge >= 0.3 is 0 Å². The van der Waals surface area contributed by atoms with Crippen LogP contribution in [0.4, 0.5) is 0 Å². The van der Waals surface area contributed by atoms with Crippen molar-refractivity contribution in [2.45, 2.75) is 13.0 Å². The van der Waals surface area contributed by atoms with Gasteiger partial charge in [-0.1, -0.05) is 18.2 Å². The molecule has 0 unspecified atom stereocenters. The van der Waals surface area contributed by atoms with E-state index in [4.69, 9.17) is 11.2 Å². The summed E-state index contributed by atoms with van der Waals surface area (Å²) in [5, 5.41) is 0. The molecule has 0 bridgehead atoms. The first-order chi connectivity index (χ1) is 7.27. The van der Waals surface area contributed by atoms with E-state index in [-0.39, 0.29) is 0 Å². The van der Waals surface area contributed by atoms with Crippen LogP contribution in [0.25, 0.3) is 0 Å². The molecular formula is C13H17NO. The van der Waals surface area contributed by atoms with Gasteiger partial charge in [-0.3, -0.25) is 0 Å². The van der Waals surface area contributed by atoms with Crippen LogP contribution in [-0.4, -0.2) is 25.6 Å². The molecule has 80 valence electrons. The van der Waals surface area contributed by atoms with Crippen LogP contribution in [0.5, 0.6) is 5.75 Å². The third-order valence-electron chi connectivity index (χ3n) is 2.27. The summed E-state index contributed by atoms with van der Waals surface area (Å²) >= 11 is 0. The number of methoxy groups -OCH3 is 1. The Labute approximate surface area is 91.9 Å². The van der Waals surface area contributed by atoms with E-state index < -0.39 is 0 Å².